The summed E-state index contributed by atoms with van der Waals surface area (Å²) in [6, 6.07) is 0. The van der Waals surface area contributed by atoms with E-state index >= 15 is 0 Å². The van der Waals surface area contributed by atoms with Gasteiger partial charge < -0.3 is 5.11 Å². The van der Waals surface area contributed by atoms with Crippen LogP contribution in [0.1, 0.15) is 38.4 Å². The molecule has 1 aromatic carbocycles. The van der Waals surface area contributed by atoms with Gasteiger partial charge in [-0.05, 0) is 19.8 Å². The van der Waals surface area contributed by atoms with Gasteiger partial charge in [0, 0.05) is 0 Å². The monoisotopic (exact) mass is 280 g/mol. The summed E-state index contributed by atoms with van der Waals surface area (Å²) in [4.78, 5) is 0. The van der Waals surface area contributed by atoms with Crippen LogP contribution in [0, 0.1) is 29.1 Å². The molecule has 0 aliphatic carbocycles. The molecule has 0 saturated heterocycles. The Labute approximate surface area is 107 Å². The van der Waals surface area contributed by atoms with Crippen molar-refractivity contribution < 1.29 is 27.1 Å². The van der Waals surface area contributed by atoms with Crippen LogP contribution in [0.5, 0.6) is 0 Å². The molecule has 0 radical (unpaired) electrons. The van der Waals surface area contributed by atoms with Crippen molar-refractivity contribution in [2.75, 3.05) is 0 Å². The van der Waals surface area contributed by atoms with Crippen LogP contribution in [-0.4, -0.2) is 5.11 Å². The van der Waals surface area contributed by atoms with Gasteiger partial charge in [0.1, 0.15) is 0 Å². The predicted octanol–water partition coefficient (Wildman–Crippen LogP) is 4.16. The van der Waals surface area contributed by atoms with E-state index in [4.69, 9.17) is 0 Å². The topological polar surface area (TPSA) is 20.2 Å². The Morgan fingerprint density at radius 3 is 1.79 bits per heavy atom. The second-order valence-electron chi connectivity index (χ2n) is 4.00. The Kier molecular flexibility index (Phi) is 5.05. The maximum atomic E-state index is 13.4. The fourth-order valence-corrected chi connectivity index (χ4v) is 1.73. The molecule has 1 unspecified atom stereocenters. The SMILES string of the molecule is C/C=C(\CC)CC(O)c1c(F)c(F)c(F)c(F)c1F. The minimum absolute atomic E-state index is 0.189. The van der Waals surface area contributed by atoms with E-state index in [1.165, 1.54) is 0 Å². The van der Waals surface area contributed by atoms with Gasteiger partial charge >= 0.3 is 0 Å². The van der Waals surface area contributed by atoms with E-state index in [0.29, 0.717) is 12.0 Å². The van der Waals surface area contributed by atoms with Crippen LogP contribution in [0.4, 0.5) is 22.0 Å². The number of allylic oxidation sites excluding steroid dienone is 1. The smallest absolute Gasteiger partial charge is 0.200 e. The maximum Gasteiger partial charge on any atom is 0.200 e. The van der Waals surface area contributed by atoms with Crippen LogP contribution in [0.25, 0.3) is 0 Å². The molecule has 0 fully saturated rings. The molecule has 0 aliphatic rings. The lowest BCUT2D eigenvalue weighted by Crippen LogP contribution is -2.12. The Morgan fingerprint density at radius 2 is 1.42 bits per heavy atom. The summed E-state index contributed by atoms with van der Waals surface area (Å²) in [6.07, 6.45) is 0.152. The zero-order valence-electron chi connectivity index (χ0n) is 10.4. The first kappa shape index (κ1) is 15.6. The second kappa shape index (κ2) is 6.14. The quantitative estimate of drug-likeness (QED) is 0.380. The highest BCUT2D eigenvalue weighted by molar-refractivity contribution is 5.27. The van der Waals surface area contributed by atoms with E-state index in [1.54, 1.807) is 19.9 Å². The lowest BCUT2D eigenvalue weighted by atomic mass is 9.98. The number of aliphatic hydroxyl groups is 1. The predicted molar refractivity (Wildman–Crippen MR) is 59.9 cm³/mol. The first-order valence-corrected chi connectivity index (χ1v) is 5.68. The van der Waals surface area contributed by atoms with Gasteiger partial charge in [0.2, 0.25) is 5.82 Å². The van der Waals surface area contributed by atoms with Crippen LogP contribution >= 0.6 is 0 Å². The Balaban J connectivity index is 3.28. The van der Waals surface area contributed by atoms with Crippen molar-refractivity contribution >= 4 is 0 Å². The number of halogens is 5. The fraction of sp³-hybridized carbons (Fsp3) is 0.385. The molecule has 0 saturated carbocycles. The van der Waals surface area contributed by atoms with Crippen LogP contribution in [0.2, 0.25) is 0 Å². The summed E-state index contributed by atoms with van der Waals surface area (Å²) in [7, 11) is 0. The van der Waals surface area contributed by atoms with Gasteiger partial charge in [-0.3, -0.25) is 0 Å². The second-order valence-corrected chi connectivity index (χ2v) is 4.00. The molecule has 1 aromatic rings. The summed E-state index contributed by atoms with van der Waals surface area (Å²) < 4.78 is 65.6. The molecule has 1 atom stereocenters. The molecule has 106 valence electrons. The number of hydrogen-bond acceptors (Lipinski definition) is 1. The summed E-state index contributed by atoms with van der Waals surface area (Å²) in [5.74, 6) is -10.3. The van der Waals surface area contributed by atoms with E-state index in [9.17, 15) is 27.1 Å². The molecule has 6 heteroatoms. The summed E-state index contributed by atoms with van der Waals surface area (Å²) in [5, 5.41) is 9.68. The standard InChI is InChI=1S/C13H13F5O/c1-3-6(4-2)5-7(19)8-9(14)11(16)13(18)12(17)10(8)15/h3,7,19H,4-5H2,1-2H3/b6-3+. The van der Waals surface area contributed by atoms with Crippen molar-refractivity contribution in [1.29, 1.82) is 0 Å². The van der Waals surface area contributed by atoms with Crippen molar-refractivity contribution in [3.8, 4) is 0 Å². The summed E-state index contributed by atoms with van der Waals surface area (Å²) in [5.41, 5.74) is -0.541. The van der Waals surface area contributed by atoms with Gasteiger partial charge in [-0.15, -0.1) is 0 Å². The number of aliphatic hydroxyl groups excluding tert-OH is 1. The fourth-order valence-electron chi connectivity index (χ4n) is 1.73. The minimum Gasteiger partial charge on any atom is -0.388 e. The van der Waals surface area contributed by atoms with Gasteiger partial charge in [0.15, 0.2) is 23.3 Å². The molecule has 1 rings (SSSR count). The van der Waals surface area contributed by atoms with E-state index in [-0.39, 0.29) is 6.42 Å². The highest BCUT2D eigenvalue weighted by Gasteiger charge is 2.29. The Morgan fingerprint density at radius 1 is 1.00 bits per heavy atom. The maximum absolute atomic E-state index is 13.4. The highest BCUT2D eigenvalue weighted by atomic mass is 19.2. The van der Waals surface area contributed by atoms with E-state index in [2.05, 4.69) is 0 Å². The van der Waals surface area contributed by atoms with Crippen LogP contribution in [0.15, 0.2) is 11.6 Å². The molecule has 0 amide bonds. The molecule has 0 bridgehead atoms. The van der Waals surface area contributed by atoms with E-state index in [1.807, 2.05) is 0 Å². The van der Waals surface area contributed by atoms with Crippen molar-refractivity contribution in [3.05, 3.63) is 46.3 Å². The van der Waals surface area contributed by atoms with Gasteiger partial charge in [-0.2, -0.15) is 0 Å². The van der Waals surface area contributed by atoms with Crippen LogP contribution in [-0.2, 0) is 0 Å². The molecular weight excluding hydrogens is 267 g/mol. The van der Waals surface area contributed by atoms with Gasteiger partial charge in [0.25, 0.3) is 0 Å². The zero-order chi connectivity index (χ0) is 14.7. The molecule has 1 N–H and O–H groups in total. The summed E-state index contributed by atoms with van der Waals surface area (Å²) >= 11 is 0. The lowest BCUT2D eigenvalue weighted by Gasteiger charge is -2.15. The molecule has 0 spiro atoms. The van der Waals surface area contributed by atoms with Crippen molar-refractivity contribution in [3.63, 3.8) is 0 Å². The number of rotatable bonds is 4. The minimum atomic E-state index is -2.23. The van der Waals surface area contributed by atoms with E-state index < -0.39 is 40.8 Å². The van der Waals surface area contributed by atoms with Gasteiger partial charge in [-0.25, -0.2) is 22.0 Å². The van der Waals surface area contributed by atoms with Crippen LogP contribution < -0.4 is 0 Å². The highest BCUT2D eigenvalue weighted by Crippen LogP contribution is 2.31. The molecule has 0 heterocycles. The third-order valence-electron chi connectivity index (χ3n) is 2.89. The van der Waals surface area contributed by atoms with E-state index in [0.717, 1.165) is 0 Å². The largest absolute Gasteiger partial charge is 0.388 e. The average molecular weight is 280 g/mol. The summed E-state index contributed by atoms with van der Waals surface area (Å²) in [6.45, 7) is 3.41. The third-order valence-corrected chi connectivity index (χ3v) is 2.89. The molecule has 0 aliphatic heterocycles. The average Bonchev–Trinajstić information content (AvgIpc) is 2.40. The first-order valence-electron chi connectivity index (χ1n) is 5.68. The molecular formula is C13H13F5O. The van der Waals surface area contributed by atoms with Crippen molar-refractivity contribution in [2.24, 2.45) is 0 Å². The van der Waals surface area contributed by atoms with Gasteiger partial charge in [0.05, 0.1) is 11.7 Å². The van der Waals surface area contributed by atoms with Gasteiger partial charge in [-0.1, -0.05) is 18.6 Å². The normalized spacial score (nSPS) is 13.8. The number of benzene rings is 1. The Hall–Kier alpha value is -1.43. The first-order chi connectivity index (χ1) is 8.84. The lowest BCUT2D eigenvalue weighted by molar-refractivity contribution is 0.162. The van der Waals surface area contributed by atoms with Crippen LogP contribution in [0.3, 0.4) is 0 Å². The number of hydrogen-bond donors (Lipinski definition) is 1. The molecule has 1 nitrogen and oxygen atoms in total. The van der Waals surface area contributed by atoms with Crippen molar-refractivity contribution in [1.82, 2.24) is 0 Å². The van der Waals surface area contributed by atoms with Crippen molar-refractivity contribution in [2.45, 2.75) is 32.8 Å². The Bertz CT molecular complexity index is 481. The molecule has 0 aromatic heterocycles. The zero-order valence-corrected chi connectivity index (χ0v) is 10.4. The third kappa shape index (κ3) is 2.94. The molecule has 19 heavy (non-hydrogen) atoms.